The molecule has 0 saturated carbocycles. The minimum atomic E-state index is 0.537. The fourth-order valence-electron chi connectivity index (χ4n) is 0.201. The molecule has 0 nitrogen and oxygen atoms in total. The van der Waals surface area contributed by atoms with Gasteiger partial charge in [-0.15, -0.1) is 0 Å². The van der Waals surface area contributed by atoms with E-state index in [1.165, 1.54) is 5.57 Å². The molecule has 1 heteroatoms. The average Bonchev–Trinajstić information content (AvgIpc) is 1.79. The molecule has 0 aromatic carbocycles. The zero-order valence-corrected chi connectivity index (χ0v) is 4.00. The Labute approximate surface area is 37.3 Å². The molecule has 0 aromatic heterocycles. The summed E-state index contributed by atoms with van der Waals surface area (Å²) in [5, 5.41) is 0.537. The van der Waals surface area contributed by atoms with E-state index in [0.29, 0.717) is 5.25 Å². The fraction of sp³-hybridized carbons (Fsp3) is 0.500. The first kappa shape index (κ1) is 3.29. The summed E-state index contributed by atoms with van der Waals surface area (Å²) in [6.45, 7) is 2.08. The Hall–Kier alpha value is 0.0900. The first-order chi connectivity index (χ1) is 2.30. The van der Waals surface area contributed by atoms with Crippen molar-refractivity contribution in [3.05, 3.63) is 11.6 Å². The van der Waals surface area contributed by atoms with E-state index in [1.807, 2.05) is 0 Å². The van der Waals surface area contributed by atoms with E-state index < -0.39 is 0 Å². The molecule has 28 valence electrons. The standard InChI is InChI=1S/C4H6S/c1-3-2-4(3)5/h2,4-5H,1H3. The zero-order valence-electron chi connectivity index (χ0n) is 3.10. The van der Waals surface area contributed by atoms with Crippen LogP contribution in [0.1, 0.15) is 6.92 Å². The van der Waals surface area contributed by atoms with Crippen molar-refractivity contribution >= 4 is 12.6 Å². The Kier molecular flexibility index (Phi) is 0.511. The fourth-order valence-corrected chi connectivity index (χ4v) is 0.436. The van der Waals surface area contributed by atoms with E-state index in [4.69, 9.17) is 0 Å². The highest BCUT2D eigenvalue weighted by Gasteiger charge is 2.12. The normalized spacial score (nSPS) is 33.2. The topological polar surface area (TPSA) is 0 Å². The van der Waals surface area contributed by atoms with Crippen LogP contribution in [0.5, 0.6) is 0 Å². The van der Waals surface area contributed by atoms with Gasteiger partial charge in [0.25, 0.3) is 0 Å². The molecule has 0 aliphatic heterocycles. The highest BCUT2D eigenvalue weighted by molar-refractivity contribution is 7.81. The molecule has 0 aromatic rings. The van der Waals surface area contributed by atoms with Crippen LogP contribution in [-0.4, -0.2) is 5.25 Å². The van der Waals surface area contributed by atoms with Crippen molar-refractivity contribution in [2.75, 3.05) is 0 Å². The largest absolute Gasteiger partial charge is 0.167 e. The molecular formula is C4H6S. The van der Waals surface area contributed by atoms with E-state index in [2.05, 4.69) is 25.6 Å². The summed E-state index contributed by atoms with van der Waals surface area (Å²) < 4.78 is 0. The van der Waals surface area contributed by atoms with E-state index in [0.717, 1.165) is 0 Å². The molecule has 1 aliphatic carbocycles. The molecule has 0 radical (unpaired) electrons. The van der Waals surface area contributed by atoms with Crippen LogP contribution in [0.3, 0.4) is 0 Å². The van der Waals surface area contributed by atoms with Gasteiger partial charge in [0, 0.05) is 5.25 Å². The highest BCUT2D eigenvalue weighted by atomic mass is 32.1. The Bertz CT molecular complexity index is 73.7. The van der Waals surface area contributed by atoms with Crippen LogP contribution in [0.4, 0.5) is 0 Å². The first-order valence-corrected chi connectivity index (χ1v) is 2.19. The van der Waals surface area contributed by atoms with Crippen molar-refractivity contribution in [3.8, 4) is 0 Å². The van der Waals surface area contributed by atoms with Gasteiger partial charge in [-0.1, -0.05) is 11.6 Å². The van der Waals surface area contributed by atoms with Crippen molar-refractivity contribution in [2.24, 2.45) is 0 Å². The summed E-state index contributed by atoms with van der Waals surface area (Å²) in [4.78, 5) is 0. The summed E-state index contributed by atoms with van der Waals surface area (Å²) in [6.07, 6.45) is 2.11. The molecule has 0 N–H and O–H groups in total. The van der Waals surface area contributed by atoms with Crippen LogP contribution >= 0.6 is 12.6 Å². The number of hydrogen-bond donors (Lipinski definition) is 1. The Morgan fingerprint density at radius 2 is 2.20 bits per heavy atom. The molecule has 1 atom stereocenters. The third-order valence-electron chi connectivity index (χ3n) is 0.778. The summed E-state index contributed by atoms with van der Waals surface area (Å²) in [5.41, 5.74) is 1.41. The Morgan fingerprint density at radius 3 is 2.20 bits per heavy atom. The lowest BCUT2D eigenvalue weighted by Crippen LogP contribution is -1.61. The lowest BCUT2D eigenvalue weighted by Gasteiger charge is -1.68. The van der Waals surface area contributed by atoms with Crippen LogP contribution in [0.15, 0.2) is 11.6 Å². The lowest BCUT2D eigenvalue weighted by molar-refractivity contribution is 1.51. The van der Waals surface area contributed by atoms with E-state index in [9.17, 15) is 0 Å². The third kappa shape index (κ3) is 0.482. The Morgan fingerprint density at radius 1 is 2.00 bits per heavy atom. The van der Waals surface area contributed by atoms with Gasteiger partial charge < -0.3 is 0 Å². The van der Waals surface area contributed by atoms with Gasteiger partial charge in [0.1, 0.15) is 0 Å². The minimum Gasteiger partial charge on any atom is -0.167 e. The van der Waals surface area contributed by atoms with Crippen molar-refractivity contribution in [2.45, 2.75) is 12.2 Å². The Balaban J connectivity index is 2.38. The second kappa shape index (κ2) is 0.777. The van der Waals surface area contributed by atoms with Crippen molar-refractivity contribution in [3.63, 3.8) is 0 Å². The maximum absolute atomic E-state index is 4.08. The molecule has 0 heterocycles. The van der Waals surface area contributed by atoms with E-state index in [1.54, 1.807) is 0 Å². The molecule has 1 unspecified atom stereocenters. The van der Waals surface area contributed by atoms with Crippen LogP contribution in [0.2, 0.25) is 0 Å². The van der Waals surface area contributed by atoms with Crippen LogP contribution in [0, 0.1) is 0 Å². The predicted molar refractivity (Wildman–Crippen MR) is 26.5 cm³/mol. The molecule has 0 amide bonds. The first-order valence-electron chi connectivity index (χ1n) is 1.67. The molecule has 1 aliphatic rings. The highest BCUT2D eigenvalue weighted by Crippen LogP contribution is 2.23. The summed E-state index contributed by atoms with van der Waals surface area (Å²) >= 11 is 4.08. The molecular weight excluding hydrogens is 80.1 g/mol. The van der Waals surface area contributed by atoms with Gasteiger partial charge in [-0.3, -0.25) is 0 Å². The number of rotatable bonds is 0. The SMILES string of the molecule is CC1=CC1S. The van der Waals surface area contributed by atoms with Gasteiger partial charge in [0.05, 0.1) is 0 Å². The molecule has 0 bridgehead atoms. The van der Waals surface area contributed by atoms with Crippen LogP contribution < -0.4 is 0 Å². The maximum Gasteiger partial charge on any atom is 0.0407 e. The minimum absolute atomic E-state index is 0.537. The van der Waals surface area contributed by atoms with Gasteiger partial charge in [-0.25, -0.2) is 0 Å². The second-order valence-electron chi connectivity index (χ2n) is 1.36. The van der Waals surface area contributed by atoms with E-state index >= 15 is 0 Å². The quantitative estimate of drug-likeness (QED) is 0.333. The van der Waals surface area contributed by atoms with Gasteiger partial charge in [0.2, 0.25) is 0 Å². The second-order valence-corrected chi connectivity index (χ2v) is 1.91. The van der Waals surface area contributed by atoms with Crippen molar-refractivity contribution < 1.29 is 0 Å². The molecule has 1 rings (SSSR count). The molecule has 5 heavy (non-hydrogen) atoms. The van der Waals surface area contributed by atoms with Crippen LogP contribution in [0.25, 0.3) is 0 Å². The smallest absolute Gasteiger partial charge is 0.0407 e. The maximum atomic E-state index is 4.08. The molecule has 0 saturated heterocycles. The van der Waals surface area contributed by atoms with Gasteiger partial charge >= 0.3 is 0 Å². The van der Waals surface area contributed by atoms with Gasteiger partial charge in [-0.2, -0.15) is 12.6 Å². The molecule has 0 fully saturated rings. The summed E-state index contributed by atoms with van der Waals surface area (Å²) in [5.74, 6) is 0. The monoisotopic (exact) mass is 86.0 g/mol. The summed E-state index contributed by atoms with van der Waals surface area (Å²) in [6, 6.07) is 0. The van der Waals surface area contributed by atoms with Crippen LogP contribution in [-0.2, 0) is 0 Å². The van der Waals surface area contributed by atoms with E-state index in [-0.39, 0.29) is 0 Å². The summed E-state index contributed by atoms with van der Waals surface area (Å²) in [7, 11) is 0. The number of thiol groups is 1. The van der Waals surface area contributed by atoms with Crippen molar-refractivity contribution in [1.29, 1.82) is 0 Å². The predicted octanol–water partition coefficient (Wildman–Crippen LogP) is 1.24. The van der Waals surface area contributed by atoms with Crippen molar-refractivity contribution in [1.82, 2.24) is 0 Å². The lowest BCUT2D eigenvalue weighted by atomic mass is 10.6. The number of hydrogen-bond acceptors (Lipinski definition) is 1. The third-order valence-corrected chi connectivity index (χ3v) is 1.33. The average molecular weight is 86.2 g/mol. The molecule has 0 spiro atoms. The zero-order chi connectivity index (χ0) is 3.86. The van der Waals surface area contributed by atoms with Gasteiger partial charge in [-0.05, 0) is 6.92 Å². The van der Waals surface area contributed by atoms with Gasteiger partial charge in [0.15, 0.2) is 0 Å².